The Morgan fingerprint density at radius 3 is 2.67 bits per heavy atom. The first kappa shape index (κ1) is 14.5. The molecule has 0 saturated heterocycles. The van der Waals surface area contributed by atoms with Gasteiger partial charge in [0, 0.05) is 25.7 Å². The summed E-state index contributed by atoms with van der Waals surface area (Å²) < 4.78 is 13.6. The third-order valence-corrected chi connectivity index (χ3v) is 4.41. The van der Waals surface area contributed by atoms with Crippen LogP contribution >= 0.6 is 11.6 Å². The van der Waals surface area contributed by atoms with Crippen molar-refractivity contribution in [1.82, 2.24) is 4.90 Å². The molecule has 0 spiro atoms. The third-order valence-electron chi connectivity index (χ3n) is 4.11. The largest absolute Gasteiger partial charge is 0.329 e. The van der Waals surface area contributed by atoms with Crippen LogP contribution in [0.1, 0.15) is 16.7 Å². The van der Waals surface area contributed by atoms with Crippen molar-refractivity contribution in [3.63, 3.8) is 0 Å². The molecule has 1 heterocycles. The van der Waals surface area contributed by atoms with E-state index in [0.29, 0.717) is 19.1 Å². The second-order valence-corrected chi connectivity index (χ2v) is 5.92. The van der Waals surface area contributed by atoms with Gasteiger partial charge in [-0.1, -0.05) is 41.9 Å². The standard InChI is InChI=1S/C17H18ClFN2/c18-16-6-5-12(7-17(16)19)10-21-11-14-4-2-1-3-13(14)8-15(21)9-20/h1-7,15H,8-11,20H2. The highest BCUT2D eigenvalue weighted by Crippen LogP contribution is 2.25. The van der Waals surface area contributed by atoms with Crippen LogP contribution in [0.5, 0.6) is 0 Å². The second-order valence-electron chi connectivity index (χ2n) is 5.52. The number of benzene rings is 2. The van der Waals surface area contributed by atoms with Crippen LogP contribution in [0.3, 0.4) is 0 Å². The number of rotatable bonds is 3. The Labute approximate surface area is 129 Å². The van der Waals surface area contributed by atoms with Crippen molar-refractivity contribution in [2.24, 2.45) is 5.73 Å². The molecule has 0 bridgehead atoms. The van der Waals surface area contributed by atoms with Crippen LogP contribution in [0, 0.1) is 5.82 Å². The van der Waals surface area contributed by atoms with E-state index < -0.39 is 0 Å². The van der Waals surface area contributed by atoms with E-state index in [1.807, 2.05) is 6.07 Å². The highest BCUT2D eigenvalue weighted by Gasteiger charge is 2.24. The van der Waals surface area contributed by atoms with Gasteiger partial charge in [-0.25, -0.2) is 4.39 Å². The molecule has 1 atom stereocenters. The summed E-state index contributed by atoms with van der Waals surface area (Å²) in [5, 5.41) is 0.165. The fourth-order valence-corrected chi connectivity index (χ4v) is 3.05. The molecule has 21 heavy (non-hydrogen) atoms. The first-order valence-electron chi connectivity index (χ1n) is 7.12. The minimum atomic E-state index is -0.365. The molecule has 0 amide bonds. The van der Waals surface area contributed by atoms with E-state index in [4.69, 9.17) is 17.3 Å². The van der Waals surface area contributed by atoms with Crippen molar-refractivity contribution >= 4 is 11.6 Å². The van der Waals surface area contributed by atoms with Gasteiger partial charge >= 0.3 is 0 Å². The van der Waals surface area contributed by atoms with Gasteiger partial charge < -0.3 is 5.73 Å². The van der Waals surface area contributed by atoms with E-state index in [9.17, 15) is 4.39 Å². The molecular formula is C17H18ClFN2. The number of hydrogen-bond donors (Lipinski definition) is 1. The molecule has 0 aromatic heterocycles. The van der Waals surface area contributed by atoms with E-state index in [0.717, 1.165) is 18.5 Å². The Bertz CT molecular complexity index is 644. The summed E-state index contributed by atoms with van der Waals surface area (Å²) in [6.07, 6.45) is 0.947. The van der Waals surface area contributed by atoms with Gasteiger partial charge in [-0.2, -0.15) is 0 Å². The molecule has 0 saturated carbocycles. The summed E-state index contributed by atoms with van der Waals surface area (Å²) in [7, 11) is 0. The van der Waals surface area contributed by atoms with Crippen molar-refractivity contribution in [2.75, 3.05) is 6.54 Å². The smallest absolute Gasteiger partial charge is 0.142 e. The van der Waals surface area contributed by atoms with E-state index >= 15 is 0 Å². The summed E-state index contributed by atoms with van der Waals surface area (Å²) in [4.78, 5) is 2.31. The van der Waals surface area contributed by atoms with Gasteiger partial charge in [-0.05, 0) is 35.2 Å². The summed E-state index contributed by atoms with van der Waals surface area (Å²) in [6, 6.07) is 13.7. The van der Waals surface area contributed by atoms with Crippen LogP contribution in [0.25, 0.3) is 0 Å². The Hall–Kier alpha value is -1.42. The number of nitrogens with two attached hydrogens (primary N) is 1. The molecule has 3 rings (SSSR count). The third kappa shape index (κ3) is 3.10. The van der Waals surface area contributed by atoms with E-state index in [-0.39, 0.29) is 10.8 Å². The number of fused-ring (bicyclic) bond motifs is 1. The molecule has 2 aromatic carbocycles. The van der Waals surface area contributed by atoms with Crippen LogP contribution in [0.15, 0.2) is 42.5 Å². The Balaban J connectivity index is 1.82. The van der Waals surface area contributed by atoms with Crippen molar-refractivity contribution < 1.29 is 4.39 Å². The van der Waals surface area contributed by atoms with Gasteiger partial charge in [0.25, 0.3) is 0 Å². The topological polar surface area (TPSA) is 29.3 Å². The molecule has 1 aliphatic heterocycles. The maximum atomic E-state index is 13.6. The van der Waals surface area contributed by atoms with Crippen LogP contribution in [-0.2, 0) is 19.5 Å². The molecule has 0 radical (unpaired) electrons. The summed E-state index contributed by atoms with van der Waals surface area (Å²) >= 11 is 5.74. The van der Waals surface area contributed by atoms with Crippen LogP contribution < -0.4 is 5.73 Å². The lowest BCUT2D eigenvalue weighted by Gasteiger charge is -2.36. The molecule has 110 valence electrons. The lowest BCUT2D eigenvalue weighted by Crippen LogP contribution is -2.44. The lowest BCUT2D eigenvalue weighted by molar-refractivity contribution is 0.167. The van der Waals surface area contributed by atoms with Gasteiger partial charge in [0.2, 0.25) is 0 Å². The highest BCUT2D eigenvalue weighted by molar-refractivity contribution is 6.30. The Morgan fingerprint density at radius 1 is 1.19 bits per heavy atom. The molecule has 4 heteroatoms. The van der Waals surface area contributed by atoms with Crippen molar-refractivity contribution in [1.29, 1.82) is 0 Å². The van der Waals surface area contributed by atoms with Crippen LogP contribution in [0.4, 0.5) is 4.39 Å². The van der Waals surface area contributed by atoms with Crippen LogP contribution in [0.2, 0.25) is 5.02 Å². The summed E-state index contributed by atoms with van der Waals surface area (Å²) in [6.45, 7) is 2.14. The first-order chi connectivity index (χ1) is 10.2. The Morgan fingerprint density at radius 2 is 1.95 bits per heavy atom. The first-order valence-corrected chi connectivity index (χ1v) is 7.50. The highest BCUT2D eigenvalue weighted by atomic mass is 35.5. The second kappa shape index (κ2) is 6.14. The molecule has 2 nitrogen and oxygen atoms in total. The molecule has 2 aromatic rings. The summed E-state index contributed by atoms with van der Waals surface area (Å²) in [5.74, 6) is -0.365. The zero-order chi connectivity index (χ0) is 14.8. The quantitative estimate of drug-likeness (QED) is 0.942. The fraction of sp³-hybridized carbons (Fsp3) is 0.294. The Kier molecular flexibility index (Phi) is 4.24. The van der Waals surface area contributed by atoms with Crippen LogP contribution in [-0.4, -0.2) is 17.5 Å². The minimum absolute atomic E-state index is 0.165. The van der Waals surface area contributed by atoms with Crippen molar-refractivity contribution in [3.05, 3.63) is 70.0 Å². The van der Waals surface area contributed by atoms with Crippen molar-refractivity contribution in [3.8, 4) is 0 Å². The lowest BCUT2D eigenvalue weighted by atomic mass is 9.93. The van der Waals surface area contributed by atoms with Gasteiger partial charge in [0.15, 0.2) is 0 Å². The van der Waals surface area contributed by atoms with Gasteiger partial charge in [0.05, 0.1) is 5.02 Å². The molecule has 0 fully saturated rings. The molecule has 0 aliphatic carbocycles. The normalized spacial score (nSPS) is 18.5. The van der Waals surface area contributed by atoms with Gasteiger partial charge in [-0.15, -0.1) is 0 Å². The van der Waals surface area contributed by atoms with Gasteiger partial charge in [-0.3, -0.25) is 4.90 Å². The molecule has 2 N–H and O–H groups in total. The van der Waals surface area contributed by atoms with E-state index in [1.54, 1.807) is 6.07 Å². The average Bonchev–Trinajstić information content (AvgIpc) is 2.50. The zero-order valence-corrected chi connectivity index (χ0v) is 12.5. The van der Waals surface area contributed by atoms with E-state index in [1.165, 1.54) is 17.2 Å². The average molecular weight is 305 g/mol. The fourth-order valence-electron chi connectivity index (χ4n) is 2.93. The maximum Gasteiger partial charge on any atom is 0.142 e. The SMILES string of the molecule is NCC1Cc2ccccc2CN1Cc1ccc(Cl)c(F)c1. The number of halogens is 2. The number of hydrogen-bond acceptors (Lipinski definition) is 2. The molecule has 1 unspecified atom stereocenters. The summed E-state index contributed by atoms with van der Waals surface area (Å²) in [5.41, 5.74) is 9.54. The predicted molar refractivity (Wildman–Crippen MR) is 83.6 cm³/mol. The monoisotopic (exact) mass is 304 g/mol. The van der Waals surface area contributed by atoms with Crippen molar-refractivity contribution in [2.45, 2.75) is 25.6 Å². The minimum Gasteiger partial charge on any atom is -0.329 e. The molecule has 1 aliphatic rings. The maximum absolute atomic E-state index is 13.6. The van der Waals surface area contributed by atoms with Gasteiger partial charge in [0.1, 0.15) is 5.82 Å². The zero-order valence-electron chi connectivity index (χ0n) is 11.7. The predicted octanol–water partition coefficient (Wildman–Crippen LogP) is 3.36. The van der Waals surface area contributed by atoms with E-state index in [2.05, 4.69) is 29.2 Å². The number of nitrogens with zero attached hydrogens (tertiary/aromatic N) is 1. The molecular weight excluding hydrogens is 287 g/mol.